The average molecular weight is 279 g/mol. The number of H-pyrrole nitrogens is 1. The molecule has 2 aromatic rings. The first-order valence-corrected chi connectivity index (χ1v) is 6.32. The van der Waals surface area contributed by atoms with Gasteiger partial charge in [-0.25, -0.2) is 4.39 Å². The lowest BCUT2D eigenvalue weighted by Gasteiger charge is -2.10. The second-order valence-electron chi connectivity index (χ2n) is 4.26. The Kier molecular flexibility index (Phi) is 5.09. The third-order valence-corrected chi connectivity index (χ3v) is 2.96. The van der Waals surface area contributed by atoms with Crippen molar-refractivity contribution in [1.82, 2.24) is 15.5 Å². The molecule has 0 radical (unpaired) electrons. The van der Waals surface area contributed by atoms with E-state index < -0.39 is 0 Å². The maximum atomic E-state index is 14.1. The molecule has 1 aromatic heterocycles. The SMILES string of the molecule is COCCNCc1cn[nH]c1-c1c(F)cccc1OC. The quantitative estimate of drug-likeness (QED) is 0.761. The van der Waals surface area contributed by atoms with E-state index in [-0.39, 0.29) is 5.82 Å². The van der Waals surface area contributed by atoms with Crippen molar-refractivity contribution in [2.45, 2.75) is 6.54 Å². The van der Waals surface area contributed by atoms with Crippen molar-refractivity contribution in [2.24, 2.45) is 0 Å². The molecule has 2 rings (SSSR count). The standard InChI is InChI=1S/C14H18FN3O2/c1-19-7-6-16-8-10-9-17-18-14(10)13-11(15)4-3-5-12(13)20-2/h3-5,9,16H,6-8H2,1-2H3,(H,17,18). The van der Waals surface area contributed by atoms with E-state index >= 15 is 0 Å². The fourth-order valence-corrected chi connectivity index (χ4v) is 1.98. The lowest BCUT2D eigenvalue weighted by atomic mass is 10.1. The Morgan fingerprint density at radius 3 is 2.95 bits per heavy atom. The highest BCUT2D eigenvalue weighted by Crippen LogP contribution is 2.33. The van der Waals surface area contributed by atoms with Crippen molar-refractivity contribution in [3.63, 3.8) is 0 Å². The third-order valence-electron chi connectivity index (χ3n) is 2.96. The Morgan fingerprint density at radius 1 is 1.35 bits per heavy atom. The van der Waals surface area contributed by atoms with E-state index in [4.69, 9.17) is 9.47 Å². The summed E-state index contributed by atoms with van der Waals surface area (Å²) in [5, 5.41) is 10.0. The minimum absolute atomic E-state index is 0.341. The molecule has 0 aliphatic heterocycles. The zero-order valence-electron chi connectivity index (χ0n) is 11.6. The first-order valence-electron chi connectivity index (χ1n) is 6.32. The predicted octanol–water partition coefficient (Wildman–Crippen LogP) is 1.96. The summed E-state index contributed by atoms with van der Waals surface area (Å²) in [5.41, 5.74) is 1.91. The van der Waals surface area contributed by atoms with Gasteiger partial charge in [0.2, 0.25) is 0 Å². The molecule has 20 heavy (non-hydrogen) atoms. The highest BCUT2D eigenvalue weighted by molar-refractivity contribution is 5.70. The number of rotatable bonds is 7. The number of methoxy groups -OCH3 is 2. The van der Waals surface area contributed by atoms with Gasteiger partial charge in [0.15, 0.2) is 0 Å². The van der Waals surface area contributed by atoms with Crippen LogP contribution in [0.1, 0.15) is 5.56 Å². The van der Waals surface area contributed by atoms with E-state index in [1.807, 2.05) is 0 Å². The summed E-state index contributed by atoms with van der Waals surface area (Å²) in [7, 11) is 3.17. The van der Waals surface area contributed by atoms with E-state index in [0.717, 1.165) is 12.1 Å². The number of aromatic nitrogens is 2. The van der Waals surface area contributed by atoms with Gasteiger partial charge in [-0.3, -0.25) is 5.10 Å². The van der Waals surface area contributed by atoms with E-state index in [2.05, 4.69) is 15.5 Å². The molecule has 0 atom stereocenters. The maximum absolute atomic E-state index is 14.1. The molecule has 0 spiro atoms. The number of nitrogens with one attached hydrogen (secondary N) is 2. The lowest BCUT2D eigenvalue weighted by Crippen LogP contribution is -2.18. The molecule has 0 amide bonds. The summed E-state index contributed by atoms with van der Waals surface area (Å²) in [6.07, 6.45) is 1.68. The highest BCUT2D eigenvalue weighted by atomic mass is 19.1. The molecule has 0 aliphatic rings. The summed E-state index contributed by atoms with van der Waals surface area (Å²) in [4.78, 5) is 0. The first kappa shape index (κ1) is 14.5. The van der Waals surface area contributed by atoms with Crippen LogP contribution in [0.4, 0.5) is 4.39 Å². The van der Waals surface area contributed by atoms with Gasteiger partial charge >= 0.3 is 0 Å². The van der Waals surface area contributed by atoms with Gasteiger partial charge in [-0.1, -0.05) is 6.07 Å². The van der Waals surface area contributed by atoms with Crippen LogP contribution in [-0.4, -0.2) is 37.6 Å². The topological polar surface area (TPSA) is 59.2 Å². The molecule has 2 N–H and O–H groups in total. The van der Waals surface area contributed by atoms with Crippen molar-refractivity contribution < 1.29 is 13.9 Å². The smallest absolute Gasteiger partial charge is 0.136 e. The van der Waals surface area contributed by atoms with Crippen molar-refractivity contribution in [3.05, 3.63) is 35.8 Å². The Morgan fingerprint density at radius 2 is 2.20 bits per heavy atom. The van der Waals surface area contributed by atoms with Crippen LogP contribution < -0.4 is 10.1 Å². The molecule has 108 valence electrons. The fourth-order valence-electron chi connectivity index (χ4n) is 1.98. The third kappa shape index (κ3) is 3.15. The zero-order chi connectivity index (χ0) is 14.4. The molecule has 5 nitrogen and oxygen atoms in total. The summed E-state index contributed by atoms with van der Waals surface area (Å²) in [5.74, 6) is 0.138. The summed E-state index contributed by atoms with van der Waals surface area (Å²) >= 11 is 0. The molecule has 0 saturated heterocycles. The molecular formula is C14H18FN3O2. The first-order chi connectivity index (χ1) is 9.77. The number of ether oxygens (including phenoxy) is 2. The highest BCUT2D eigenvalue weighted by Gasteiger charge is 2.16. The van der Waals surface area contributed by atoms with Crippen molar-refractivity contribution in [3.8, 4) is 17.0 Å². The largest absolute Gasteiger partial charge is 0.496 e. The Labute approximate surface area is 117 Å². The number of aromatic amines is 1. The minimum atomic E-state index is -0.341. The minimum Gasteiger partial charge on any atom is -0.496 e. The average Bonchev–Trinajstić information content (AvgIpc) is 2.91. The monoisotopic (exact) mass is 279 g/mol. The van der Waals surface area contributed by atoms with Crippen LogP contribution in [0.5, 0.6) is 5.75 Å². The Balaban J connectivity index is 2.23. The zero-order valence-corrected chi connectivity index (χ0v) is 11.6. The predicted molar refractivity (Wildman–Crippen MR) is 74.1 cm³/mol. The van der Waals surface area contributed by atoms with Crippen LogP contribution in [0.2, 0.25) is 0 Å². The summed E-state index contributed by atoms with van der Waals surface area (Å²) < 4.78 is 24.2. The summed E-state index contributed by atoms with van der Waals surface area (Å²) in [6, 6.07) is 4.74. The molecular weight excluding hydrogens is 261 g/mol. The van der Waals surface area contributed by atoms with Crippen molar-refractivity contribution in [2.75, 3.05) is 27.4 Å². The number of nitrogens with zero attached hydrogens (tertiary/aromatic N) is 1. The van der Waals surface area contributed by atoms with Gasteiger partial charge in [0.05, 0.1) is 31.2 Å². The molecule has 1 aromatic carbocycles. The normalized spacial score (nSPS) is 10.8. The van der Waals surface area contributed by atoms with Crippen LogP contribution >= 0.6 is 0 Å². The van der Waals surface area contributed by atoms with Gasteiger partial charge in [-0.15, -0.1) is 0 Å². The van der Waals surface area contributed by atoms with E-state index in [1.54, 1.807) is 25.4 Å². The van der Waals surface area contributed by atoms with Crippen LogP contribution in [0.3, 0.4) is 0 Å². The maximum Gasteiger partial charge on any atom is 0.136 e. The number of hydrogen-bond acceptors (Lipinski definition) is 4. The van der Waals surface area contributed by atoms with Gasteiger partial charge in [0.1, 0.15) is 11.6 Å². The van der Waals surface area contributed by atoms with Gasteiger partial charge < -0.3 is 14.8 Å². The molecule has 0 saturated carbocycles. The Bertz CT molecular complexity index is 557. The number of halogens is 1. The molecule has 0 bridgehead atoms. The van der Waals surface area contributed by atoms with Crippen molar-refractivity contribution in [1.29, 1.82) is 0 Å². The second kappa shape index (κ2) is 7.02. The fraction of sp³-hybridized carbons (Fsp3) is 0.357. The van der Waals surface area contributed by atoms with Gasteiger partial charge in [-0.2, -0.15) is 5.10 Å². The second-order valence-corrected chi connectivity index (χ2v) is 4.26. The van der Waals surface area contributed by atoms with Crippen LogP contribution in [0, 0.1) is 5.82 Å². The van der Waals surface area contributed by atoms with Gasteiger partial charge in [0, 0.05) is 25.8 Å². The number of hydrogen-bond donors (Lipinski definition) is 2. The van der Waals surface area contributed by atoms with Crippen molar-refractivity contribution >= 4 is 0 Å². The van der Waals surface area contributed by atoms with Crippen LogP contribution in [0.15, 0.2) is 24.4 Å². The van der Waals surface area contributed by atoms with E-state index in [9.17, 15) is 4.39 Å². The van der Waals surface area contributed by atoms with E-state index in [1.165, 1.54) is 13.2 Å². The summed E-state index contributed by atoms with van der Waals surface area (Å²) in [6.45, 7) is 1.92. The van der Waals surface area contributed by atoms with E-state index in [0.29, 0.717) is 30.2 Å². The molecule has 0 aliphatic carbocycles. The van der Waals surface area contributed by atoms with Gasteiger partial charge in [0.25, 0.3) is 0 Å². The van der Waals surface area contributed by atoms with Crippen LogP contribution in [-0.2, 0) is 11.3 Å². The molecule has 6 heteroatoms. The van der Waals surface area contributed by atoms with Gasteiger partial charge in [-0.05, 0) is 12.1 Å². The number of benzene rings is 1. The molecule has 0 unspecified atom stereocenters. The Hall–Kier alpha value is -1.92. The lowest BCUT2D eigenvalue weighted by molar-refractivity contribution is 0.199. The molecule has 1 heterocycles. The van der Waals surface area contributed by atoms with Crippen LogP contribution in [0.25, 0.3) is 11.3 Å². The molecule has 0 fully saturated rings.